The monoisotopic (exact) mass is 482 g/mol. The molecule has 6 nitrogen and oxygen atoms in total. The Kier molecular flexibility index (Phi) is 12.1. The quantitative estimate of drug-likeness (QED) is 0.157. The van der Waals surface area contributed by atoms with Crippen molar-refractivity contribution in [1.82, 2.24) is 0 Å². The highest BCUT2D eigenvalue weighted by Crippen LogP contribution is 2.40. The summed E-state index contributed by atoms with van der Waals surface area (Å²) in [6.07, 6.45) is 11.1. The first-order valence-corrected chi connectivity index (χ1v) is 12.8. The minimum Gasteiger partial charge on any atom is -0.465 e. The zero-order chi connectivity index (χ0) is 25.5. The number of ether oxygens (including phenoxy) is 3. The van der Waals surface area contributed by atoms with Crippen molar-refractivity contribution in [3.8, 4) is 11.8 Å². The van der Waals surface area contributed by atoms with Crippen LogP contribution in [0.3, 0.4) is 0 Å². The summed E-state index contributed by atoms with van der Waals surface area (Å²) < 4.78 is 15.9. The van der Waals surface area contributed by atoms with Crippen LogP contribution >= 0.6 is 0 Å². The molecule has 0 saturated heterocycles. The van der Waals surface area contributed by atoms with Crippen molar-refractivity contribution in [1.29, 1.82) is 0 Å². The number of hydrogen-bond acceptors (Lipinski definition) is 6. The minimum atomic E-state index is -1.53. The van der Waals surface area contributed by atoms with Gasteiger partial charge in [0.1, 0.15) is 0 Å². The van der Waals surface area contributed by atoms with Crippen molar-refractivity contribution in [3.05, 3.63) is 47.5 Å². The van der Waals surface area contributed by atoms with Crippen LogP contribution in [0.25, 0.3) is 0 Å². The van der Waals surface area contributed by atoms with Crippen molar-refractivity contribution >= 4 is 17.9 Å². The lowest BCUT2D eigenvalue weighted by molar-refractivity contribution is -0.175. The summed E-state index contributed by atoms with van der Waals surface area (Å²) >= 11 is 0. The molecule has 190 valence electrons. The van der Waals surface area contributed by atoms with Crippen LogP contribution in [0.4, 0.5) is 0 Å². The van der Waals surface area contributed by atoms with Crippen molar-refractivity contribution in [2.24, 2.45) is 11.3 Å². The second-order valence-electron chi connectivity index (χ2n) is 8.57. The fourth-order valence-corrected chi connectivity index (χ4v) is 4.30. The van der Waals surface area contributed by atoms with E-state index in [9.17, 15) is 14.4 Å². The molecule has 1 aromatic carbocycles. The molecule has 1 atom stereocenters. The molecule has 0 spiro atoms. The topological polar surface area (TPSA) is 78.9 Å². The SMILES string of the molecule is CCOC(=O)c1ccc(C#CCC(C(=O)OCC)(C(=O)OCC)C2/C=C\CCCCCCC2)cc1. The van der Waals surface area contributed by atoms with Gasteiger partial charge in [-0.3, -0.25) is 9.59 Å². The van der Waals surface area contributed by atoms with Crippen molar-refractivity contribution in [2.75, 3.05) is 19.8 Å². The summed E-state index contributed by atoms with van der Waals surface area (Å²) in [5.74, 6) is 4.17. The molecule has 6 heteroatoms. The molecule has 2 rings (SSSR count). The third-order valence-corrected chi connectivity index (χ3v) is 6.16. The molecule has 1 aliphatic carbocycles. The smallest absolute Gasteiger partial charge is 0.338 e. The molecular weight excluding hydrogens is 444 g/mol. The van der Waals surface area contributed by atoms with Crippen LogP contribution in [0.15, 0.2) is 36.4 Å². The van der Waals surface area contributed by atoms with Gasteiger partial charge in [-0.05, 0) is 64.3 Å². The molecule has 0 saturated carbocycles. The van der Waals surface area contributed by atoms with Crippen LogP contribution in [0.5, 0.6) is 0 Å². The number of benzene rings is 1. The van der Waals surface area contributed by atoms with Crippen LogP contribution in [0.2, 0.25) is 0 Å². The molecular formula is C29H38O6. The van der Waals surface area contributed by atoms with E-state index in [4.69, 9.17) is 14.2 Å². The van der Waals surface area contributed by atoms with Gasteiger partial charge in [0, 0.05) is 17.9 Å². The van der Waals surface area contributed by atoms with E-state index in [0.29, 0.717) is 24.2 Å². The van der Waals surface area contributed by atoms with Gasteiger partial charge in [0.2, 0.25) is 0 Å². The third kappa shape index (κ3) is 7.99. The van der Waals surface area contributed by atoms with E-state index in [1.54, 1.807) is 45.0 Å². The van der Waals surface area contributed by atoms with Crippen molar-refractivity contribution < 1.29 is 28.6 Å². The Morgan fingerprint density at radius 3 is 2.09 bits per heavy atom. The Hall–Kier alpha value is -3.07. The highest BCUT2D eigenvalue weighted by Gasteiger charge is 2.53. The van der Waals surface area contributed by atoms with E-state index in [-0.39, 0.29) is 25.6 Å². The lowest BCUT2D eigenvalue weighted by Gasteiger charge is -2.34. The van der Waals surface area contributed by atoms with Gasteiger partial charge in [-0.1, -0.05) is 49.7 Å². The van der Waals surface area contributed by atoms with Gasteiger partial charge >= 0.3 is 17.9 Å². The number of carbonyl (C=O) groups is 3. The van der Waals surface area contributed by atoms with Gasteiger partial charge in [0.05, 0.1) is 25.4 Å². The number of hydrogen-bond donors (Lipinski definition) is 0. The fraction of sp³-hybridized carbons (Fsp3) is 0.552. The number of allylic oxidation sites excluding steroid dienone is 2. The van der Waals surface area contributed by atoms with Crippen molar-refractivity contribution in [2.45, 2.75) is 72.1 Å². The Balaban J connectivity index is 2.41. The fourth-order valence-electron chi connectivity index (χ4n) is 4.30. The Labute approximate surface area is 209 Å². The van der Waals surface area contributed by atoms with E-state index < -0.39 is 23.3 Å². The maximum atomic E-state index is 13.4. The van der Waals surface area contributed by atoms with Crippen LogP contribution in [-0.2, 0) is 23.8 Å². The molecule has 35 heavy (non-hydrogen) atoms. The molecule has 0 N–H and O–H groups in total. The number of rotatable bonds is 8. The van der Waals surface area contributed by atoms with Gasteiger partial charge in [0.25, 0.3) is 0 Å². The Morgan fingerprint density at radius 2 is 1.46 bits per heavy atom. The van der Waals surface area contributed by atoms with Gasteiger partial charge in [0.15, 0.2) is 5.41 Å². The largest absolute Gasteiger partial charge is 0.465 e. The highest BCUT2D eigenvalue weighted by atomic mass is 16.6. The Morgan fingerprint density at radius 1 is 0.857 bits per heavy atom. The first kappa shape index (κ1) is 28.2. The van der Waals surface area contributed by atoms with Gasteiger partial charge < -0.3 is 14.2 Å². The maximum absolute atomic E-state index is 13.4. The molecule has 1 aromatic rings. The zero-order valence-electron chi connectivity index (χ0n) is 21.3. The Bertz CT molecular complexity index is 901. The predicted octanol–water partition coefficient (Wildman–Crippen LogP) is 5.63. The zero-order valence-corrected chi connectivity index (χ0v) is 21.3. The first-order valence-electron chi connectivity index (χ1n) is 12.8. The molecule has 1 unspecified atom stereocenters. The van der Waals surface area contributed by atoms with E-state index in [2.05, 4.69) is 17.9 Å². The highest BCUT2D eigenvalue weighted by molar-refractivity contribution is 6.01. The maximum Gasteiger partial charge on any atom is 0.338 e. The predicted molar refractivity (Wildman–Crippen MR) is 135 cm³/mol. The normalized spacial score (nSPS) is 17.3. The second kappa shape index (κ2) is 15.0. The molecule has 1 aliphatic rings. The van der Waals surface area contributed by atoms with E-state index in [0.717, 1.165) is 32.1 Å². The molecule has 0 amide bonds. The van der Waals surface area contributed by atoms with Crippen LogP contribution in [0, 0.1) is 23.2 Å². The summed E-state index contributed by atoms with van der Waals surface area (Å²) in [7, 11) is 0. The summed E-state index contributed by atoms with van der Waals surface area (Å²) in [5, 5.41) is 0. The molecule has 0 bridgehead atoms. The number of esters is 3. The number of carbonyl (C=O) groups excluding carboxylic acids is 3. The summed E-state index contributed by atoms with van der Waals surface area (Å²) in [6, 6.07) is 6.74. The van der Waals surface area contributed by atoms with Gasteiger partial charge in [-0.25, -0.2) is 4.79 Å². The second-order valence-corrected chi connectivity index (χ2v) is 8.57. The van der Waals surface area contributed by atoms with Gasteiger partial charge in [-0.15, -0.1) is 0 Å². The van der Waals surface area contributed by atoms with E-state index >= 15 is 0 Å². The summed E-state index contributed by atoms with van der Waals surface area (Å²) in [5.41, 5.74) is -0.419. The molecule has 0 heterocycles. The lowest BCUT2D eigenvalue weighted by atomic mass is 9.70. The minimum absolute atomic E-state index is 0.0146. The molecule has 0 aliphatic heterocycles. The molecule has 0 aromatic heterocycles. The average molecular weight is 483 g/mol. The first-order chi connectivity index (χ1) is 17.0. The average Bonchev–Trinajstić information content (AvgIpc) is 2.86. The van der Waals surface area contributed by atoms with Crippen molar-refractivity contribution in [3.63, 3.8) is 0 Å². The molecule has 0 radical (unpaired) electrons. The standard InChI is InChI=1S/C29H38O6/c1-4-33-26(30)24-20-18-23(19-21-24)15-14-22-29(27(31)34-5-2,28(32)35-6-3)25-16-12-10-8-7-9-11-13-17-25/h12,16,18-21,25H,4-11,13,17,22H2,1-3H3/b16-12-. The van der Waals surface area contributed by atoms with E-state index in [1.807, 2.05) is 6.08 Å². The van der Waals surface area contributed by atoms with E-state index in [1.165, 1.54) is 6.42 Å². The summed E-state index contributed by atoms with van der Waals surface area (Å²) in [6.45, 7) is 5.85. The van der Waals surface area contributed by atoms with Gasteiger partial charge in [-0.2, -0.15) is 0 Å². The third-order valence-electron chi connectivity index (χ3n) is 6.16. The summed E-state index contributed by atoms with van der Waals surface area (Å²) in [4.78, 5) is 38.6. The van der Waals surface area contributed by atoms with Crippen LogP contribution < -0.4 is 0 Å². The van der Waals surface area contributed by atoms with Crippen LogP contribution in [0.1, 0.15) is 88.1 Å². The van der Waals surface area contributed by atoms with Crippen LogP contribution in [-0.4, -0.2) is 37.7 Å². The molecule has 0 fully saturated rings. The lowest BCUT2D eigenvalue weighted by Crippen LogP contribution is -2.47.